The molecule has 1 N–H and O–H groups in total. The van der Waals surface area contributed by atoms with Crippen LogP contribution in [-0.4, -0.2) is 50.7 Å². The normalized spacial score (nSPS) is 20.8. The van der Waals surface area contributed by atoms with Crippen LogP contribution in [0.3, 0.4) is 0 Å². The first-order valence-corrected chi connectivity index (χ1v) is 12.1. The molecule has 0 radical (unpaired) electrons. The first-order valence-electron chi connectivity index (χ1n) is 12.1. The van der Waals surface area contributed by atoms with E-state index < -0.39 is 23.8 Å². The summed E-state index contributed by atoms with van der Waals surface area (Å²) in [6.45, 7) is 1.93. The summed E-state index contributed by atoms with van der Waals surface area (Å²) in [4.78, 5) is 24.4. The monoisotopic (exact) mass is 491 g/mol. The van der Waals surface area contributed by atoms with E-state index in [2.05, 4.69) is 25.3 Å². The lowest BCUT2D eigenvalue weighted by Crippen LogP contribution is -2.27. The molecule has 3 aromatic heterocycles. The quantitative estimate of drug-likeness (QED) is 0.450. The Morgan fingerprint density at radius 2 is 1.75 bits per heavy atom. The smallest absolute Gasteiger partial charge is 0.131 e. The van der Waals surface area contributed by atoms with E-state index in [-0.39, 0.29) is 18.5 Å². The lowest BCUT2D eigenvalue weighted by Gasteiger charge is -2.26. The summed E-state index contributed by atoms with van der Waals surface area (Å²) >= 11 is 0. The van der Waals surface area contributed by atoms with Crippen LogP contribution in [0.4, 0.5) is 19.0 Å². The molecule has 0 spiro atoms. The lowest BCUT2D eigenvalue weighted by molar-refractivity contribution is 0.355. The third kappa shape index (κ3) is 4.26. The van der Waals surface area contributed by atoms with E-state index in [4.69, 9.17) is 4.98 Å². The maximum atomic E-state index is 14.6. The third-order valence-electron chi connectivity index (χ3n) is 6.98. The van der Waals surface area contributed by atoms with E-state index >= 15 is 0 Å². The minimum Gasteiger partial charge on any atom is -0.346 e. The van der Waals surface area contributed by atoms with Crippen molar-refractivity contribution in [3.05, 3.63) is 72.1 Å². The summed E-state index contributed by atoms with van der Waals surface area (Å²) in [5.74, 6) is 0.453. The predicted octanol–water partition coefficient (Wildman–Crippen LogP) is 4.52. The van der Waals surface area contributed by atoms with Crippen LogP contribution in [0.5, 0.6) is 0 Å². The van der Waals surface area contributed by atoms with Crippen molar-refractivity contribution in [3.8, 4) is 11.3 Å². The van der Waals surface area contributed by atoms with E-state index in [1.54, 1.807) is 29.4 Å². The number of fused-ring (bicyclic) bond motifs is 1. The van der Waals surface area contributed by atoms with Crippen LogP contribution < -0.4 is 10.2 Å². The number of hydrogen-bond acceptors (Lipinski definition) is 7. The van der Waals surface area contributed by atoms with Gasteiger partial charge in [-0.15, -0.1) is 0 Å². The zero-order chi connectivity index (χ0) is 24.6. The van der Waals surface area contributed by atoms with Gasteiger partial charge >= 0.3 is 0 Å². The standard InChI is InChI=1S/C26H24F3N7/c27-17-1-2-20(29)19(9-17)22-10-18(28)13-36(22)23-4-3-21-25(35-23)24(34-14-33-21)16-11-31-26(32-12-16)15-5-7-30-8-6-15/h1-4,9,11-12,14-15,18,22,30H,5-8,10,13H2/t18-,22+/m0/s1. The Kier molecular flexibility index (Phi) is 5.96. The van der Waals surface area contributed by atoms with Gasteiger partial charge in [0.05, 0.1) is 18.1 Å². The summed E-state index contributed by atoms with van der Waals surface area (Å²) < 4.78 is 43.0. The van der Waals surface area contributed by atoms with Crippen molar-refractivity contribution < 1.29 is 13.2 Å². The maximum Gasteiger partial charge on any atom is 0.131 e. The highest BCUT2D eigenvalue weighted by atomic mass is 19.1. The van der Waals surface area contributed by atoms with Crippen molar-refractivity contribution in [1.29, 1.82) is 0 Å². The van der Waals surface area contributed by atoms with Gasteiger partial charge in [0.1, 0.15) is 47.0 Å². The van der Waals surface area contributed by atoms with Crippen molar-refractivity contribution in [2.24, 2.45) is 0 Å². The molecule has 7 nitrogen and oxygen atoms in total. The van der Waals surface area contributed by atoms with Gasteiger partial charge < -0.3 is 10.2 Å². The molecule has 2 atom stereocenters. The maximum absolute atomic E-state index is 14.6. The third-order valence-corrected chi connectivity index (χ3v) is 6.98. The summed E-state index contributed by atoms with van der Waals surface area (Å²) in [7, 11) is 0. The molecule has 0 saturated carbocycles. The molecular weight excluding hydrogens is 467 g/mol. The van der Waals surface area contributed by atoms with Gasteiger partial charge in [0.15, 0.2) is 0 Å². The first-order chi connectivity index (χ1) is 17.6. The molecule has 6 rings (SSSR count). The Balaban J connectivity index is 1.37. The average molecular weight is 492 g/mol. The zero-order valence-corrected chi connectivity index (χ0v) is 19.4. The number of pyridine rings is 1. The Morgan fingerprint density at radius 3 is 2.56 bits per heavy atom. The van der Waals surface area contributed by atoms with E-state index in [0.717, 1.165) is 50.0 Å². The van der Waals surface area contributed by atoms with Gasteiger partial charge in [-0.25, -0.2) is 38.1 Å². The van der Waals surface area contributed by atoms with Crippen LogP contribution in [-0.2, 0) is 0 Å². The second kappa shape index (κ2) is 9.42. The minimum atomic E-state index is -1.20. The second-order valence-electron chi connectivity index (χ2n) is 9.28. The highest BCUT2D eigenvalue weighted by Gasteiger charge is 2.36. The molecule has 0 aliphatic carbocycles. The fraction of sp³-hybridized carbons (Fsp3) is 0.346. The molecule has 1 aromatic carbocycles. The predicted molar refractivity (Wildman–Crippen MR) is 129 cm³/mol. The Labute approximate surface area is 205 Å². The largest absolute Gasteiger partial charge is 0.346 e. The molecule has 4 aromatic rings. The minimum absolute atomic E-state index is 0.0240. The van der Waals surface area contributed by atoms with Crippen LogP contribution >= 0.6 is 0 Å². The van der Waals surface area contributed by atoms with Crippen LogP contribution in [0.1, 0.15) is 42.6 Å². The number of halogens is 3. The van der Waals surface area contributed by atoms with Gasteiger partial charge in [0.2, 0.25) is 0 Å². The van der Waals surface area contributed by atoms with Crippen LogP contribution in [0.2, 0.25) is 0 Å². The van der Waals surface area contributed by atoms with Crippen LogP contribution in [0, 0.1) is 11.6 Å². The molecule has 2 aliphatic rings. The number of anilines is 1. The van der Waals surface area contributed by atoms with Gasteiger partial charge in [-0.1, -0.05) is 0 Å². The molecule has 10 heteroatoms. The molecule has 184 valence electrons. The SMILES string of the molecule is Fc1ccc(F)c([C@H]2C[C@H](F)CN2c2ccc3ncnc(-c4cnc(C5CCNCC5)nc4)c3n2)c1. The van der Waals surface area contributed by atoms with E-state index in [9.17, 15) is 13.2 Å². The average Bonchev–Trinajstić information content (AvgIpc) is 3.31. The van der Waals surface area contributed by atoms with Gasteiger partial charge in [0, 0.05) is 35.9 Å². The van der Waals surface area contributed by atoms with Crippen molar-refractivity contribution in [2.45, 2.75) is 37.4 Å². The summed E-state index contributed by atoms with van der Waals surface area (Å²) in [5, 5.41) is 3.34. The lowest BCUT2D eigenvalue weighted by atomic mass is 9.97. The topological polar surface area (TPSA) is 79.7 Å². The molecule has 2 fully saturated rings. The van der Waals surface area contributed by atoms with Crippen molar-refractivity contribution in [3.63, 3.8) is 0 Å². The second-order valence-corrected chi connectivity index (χ2v) is 9.28. The molecule has 2 aliphatic heterocycles. The Hall–Kier alpha value is -3.66. The molecule has 0 bridgehead atoms. The van der Waals surface area contributed by atoms with E-state index in [1.807, 2.05) is 0 Å². The van der Waals surface area contributed by atoms with E-state index in [1.165, 1.54) is 6.33 Å². The molecule has 0 unspecified atom stereocenters. The fourth-order valence-corrected chi connectivity index (χ4v) is 5.16. The summed E-state index contributed by atoms with van der Waals surface area (Å²) in [6.07, 6.45) is 5.80. The highest BCUT2D eigenvalue weighted by Crippen LogP contribution is 2.39. The molecule has 36 heavy (non-hydrogen) atoms. The number of hydrogen-bond donors (Lipinski definition) is 1. The summed E-state index contributed by atoms with van der Waals surface area (Å²) in [6, 6.07) is 6.07. The molecule has 0 amide bonds. The first kappa shape index (κ1) is 22.8. The Bertz CT molecular complexity index is 1390. The van der Waals surface area contributed by atoms with Crippen LogP contribution in [0.15, 0.2) is 49.1 Å². The number of nitrogens with zero attached hydrogens (tertiary/aromatic N) is 6. The number of alkyl halides is 1. The van der Waals surface area contributed by atoms with Crippen LogP contribution in [0.25, 0.3) is 22.3 Å². The number of aromatic nitrogens is 5. The van der Waals surface area contributed by atoms with Gasteiger partial charge in [0.25, 0.3) is 0 Å². The van der Waals surface area contributed by atoms with Gasteiger partial charge in [-0.05, 0) is 56.3 Å². The fourth-order valence-electron chi connectivity index (χ4n) is 5.16. The molecule has 5 heterocycles. The van der Waals surface area contributed by atoms with Gasteiger partial charge in [-0.3, -0.25) is 0 Å². The summed E-state index contributed by atoms with van der Waals surface area (Å²) in [5.41, 5.74) is 2.48. The van der Waals surface area contributed by atoms with Crippen molar-refractivity contribution in [2.75, 3.05) is 24.5 Å². The van der Waals surface area contributed by atoms with Crippen molar-refractivity contribution in [1.82, 2.24) is 30.2 Å². The number of nitrogens with one attached hydrogen (secondary N) is 1. The van der Waals surface area contributed by atoms with Gasteiger partial charge in [-0.2, -0.15) is 0 Å². The van der Waals surface area contributed by atoms with E-state index in [0.29, 0.717) is 34.0 Å². The van der Waals surface area contributed by atoms with Crippen molar-refractivity contribution >= 4 is 16.9 Å². The highest BCUT2D eigenvalue weighted by molar-refractivity contribution is 5.89. The molecule has 2 saturated heterocycles. The zero-order valence-electron chi connectivity index (χ0n) is 19.4. The number of piperidine rings is 1. The number of rotatable bonds is 4. The number of benzene rings is 1. The molecular formula is C26H24F3N7. The Morgan fingerprint density at radius 1 is 0.944 bits per heavy atom.